The average molecular weight is 309 g/mol. The smallest absolute Gasteiger partial charge is 0.340 e. The fourth-order valence-electron chi connectivity index (χ4n) is 2.66. The van der Waals surface area contributed by atoms with E-state index in [1.807, 2.05) is 0 Å². The van der Waals surface area contributed by atoms with E-state index >= 15 is 0 Å². The zero-order chi connectivity index (χ0) is 15.9. The molecule has 2 aromatic rings. The van der Waals surface area contributed by atoms with Crippen LogP contribution < -0.4 is 0 Å². The molecule has 8 heteroatoms. The highest BCUT2D eigenvalue weighted by atomic mass is 19.1. The molecule has 0 aliphatic carbocycles. The van der Waals surface area contributed by atoms with Crippen LogP contribution >= 0.6 is 0 Å². The lowest BCUT2D eigenvalue weighted by Gasteiger charge is -2.14. The van der Waals surface area contributed by atoms with E-state index in [0.717, 1.165) is 0 Å². The maximum atomic E-state index is 14.0. The number of rotatable bonds is 3. The Balaban J connectivity index is 2.04. The normalized spacial score (nSPS) is 28.2. The number of ether oxygens (including phenoxy) is 2. The van der Waals surface area contributed by atoms with Gasteiger partial charge in [0.1, 0.15) is 11.6 Å². The second-order valence-electron chi connectivity index (χ2n) is 5.11. The zero-order valence-corrected chi connectivity index (χ0v) is 12.1. The van der Waals surface area contributed by atoms with E-state index in [9.17, 15) is 14.3 Å². The van der Waals surface area contributed by atoms with Crippen molar-refractivity contribution in [1.29, 1.82) is 0 Å². The molecule has 2 heterocycles. The molecule has 3 rings (SSSR count). The molecule has 7 nitrogen and oxygen atoms in total. The number of hydrogen-bond acceptors (Lipinski definition) is 6. The number of methoxy groups -OCH3 is 1. The van der Waals surface area contributed by atoms with Crippen molar-refractivity contribution in [2.75, 3.05) is 7.11 Å². The fourth-order valence-corrected chi connectivity index (χ4v) is 2.66. The first-order valence-electron chi connectivity index (χ1n) is 6.98. The first-order chi connectivity index (χ1) is 10.6. The summed E-state index contributed by atoms with van der Waals surface area (Å²) in [5.74, 6) is -0.541. The largest absolute Gasteiger partial charge is 0.465 e. The van der Waals surface area contributed by atoms with E-state index in [4.69, 9.17) is 9.47 Å². The van der Waals surface area contributed by atoms with E-state index in [1.165, 1.54) is 11.8 Å². The Labute approximate surface area is 125 Å². The van der Waals surface area contributed by atoms with Gasteiger partial charge in [0.15, 0.2) is 12.4 Å². The summed E-state index contributed by atoms with van der Waals surface area (Å²) in [7, 11) is 1.27. The molecule has 0 radical (unpaired) electrons. The van der Waals surface area contributed by atoms with Crippen LogP contribution in [0, 0.1) is 0 Å². The molecule has 1 fully saturated rings. The summed E-state index contributed by atoms with van der Waals surface area (Å²) in [6, 6.07) is 4.87. The number of carbonyl (C=O) groups excluding carboxylic acids is 1. The lowest BCUT2D eigenvalue weighted by atomic mass is 10.1. The van der Waals surface area contributed by atoms with Gasteiger partial charge < -0.3 is 14.6 Å². The van der Waals surface area contributed by atoms with Gasteiger partial charge in [-0.3, -0.25) is 0 Å². The Morgan fingerprint density at radius 1 is 1.55 bits per heavy atom. The number of alkyl halides is 1. The van der Waals surface area contributed by atoms with E-state index in [1.54, 1.807) is 25.1 Å². The van der Waals surface area contributed by atoms with Crippen LogP contribution in [-0.4, -0.2) is 51.6 Å². The van der Waals surface area contributed by atoms with Gasteiger partial charge in [-0.05, 0) is 18.6 Å². The summed E-state index contributed by atoms with van der Waals surface area (Å²) >= 11 is 0. The lowest BCUT2D eigenvalue weighted by molar-refractivity contribution is -0.0432. The molecule has 22 heavy (non-hydrogen) atoms. The standard InChI is InChI=1S/C14H16FN3O4/c1-3-9-10(15)12(19)13(22-9)18-8-6-4-5-7(14(20)21-2)11(8)16-17-18/h4-6,9-10,12-13,19H,3H2,1-2H3/t9-,10-,12-,13-/m1/s1. The van der Waals surface area contributed by atoms with E-state index in [-0.39, 0.29) is 5.56 Å². The van der Waals surface area contributed by atoms with Gasteiger partial charge in [0.2, 0.25) is 0 Å². The highest BCUT2D eigenvalue weighted by Gasteiger charge is 2.45. The zero-order valence-electron chi connectivity index (χ0n) is 12.1. The first-order valence-corrected chi connectivity index (χ1v) is 6.98. The van der Waals surface area contributed by atoms with Crippen molar-refractivity contribution in [2.24, 2.45) is 0 Å². The van der Waals surface area contributed by atoms with Crippen molar-refractivity contribution in [2.45, 2.75) is 38.0 Å². The van der Waals surface area contributed by atoms with Crippen molar-refractivity contribution >= 4 is 17.0 Å². The number of fused-ring (bicyclic) bond motifs is 1. The van der Waals surface area contributed by atoms with Crippen molar-refractivity contribution in [3.63, 3.8) is 0 Å². The molecule has 1 aliphatic rings. The summed E-state index contributed by atoms with van der Waals surface area (Å²) in [5.41, 5.74) is 1.04. The monoisotopic (exact) mass is 309 g/mol. The summed E-state index contributed by atoms with van der Waals surface area (Å²) in [6.07, 6.45) is -4.05. The Morgan fingerprint density at radius 3 is 2.95 bits per heavy atom. The number of aromatic nitrogens is 3. The van der Waals surface area contributed by atoms with Gasteiger partial charge in [0.05, 0.1) is 24.3 Å². The predicted octanol–water partition coefficient (Wildman–Crippen LogP) is 1.22. The minimum absolute atomic E-state index is 0.252. The van der Waals surface area contributed by atoms with Crippen LogP contribution in [0.4, 0.5) is 4.39 Å². The molecule has 0 spiro atoms. The summed E-state index contributed by atoms with van der Waals surface area (Å²) in [5, 5.41) is 17.9. The first kappa shape index (κ1) is 14.9. The van der Waals surface area contributed by atoms with Gasteiger partial charge in [-0.1, -0.05) is 18.2 Å². The second-order valence-corrected chi connectivity index (χ2v) is 5.11. The highest BCUT2D eigenvalue weighted by molar-refractivity contribution is 6.01. The Kier molecular flexibility index (Phi) is 3.79. The molecule has 1 aliphatic heterocycles. The lowest BCUT2D eigenvalue weighted by Crippen LogP contribution is -2.28. The molecule has 4 atom stereocenters. The molecule has 118 valence electrons. The highest BCUT2D eigenvalue weighted by Crippen LogP contribution is 2.34. The minimum Gasteiger partial charge on any atom is -0.465 e. The summed E-state index contributed by atoms with van der Waals surface area (Å²) in [6.45, 7) is 1.78. The molecule has 0 unspecified atom stereocenters. The van der Waals surface area contributed by atoms with Crippen molar-refractivity contribution < 1.29 is 23.8 Å². The van der Waals surface area contributed by atoms with Gasteiger partial charge in [-0.15, -0.1) is 5.10 Å². The molecule has 1 aromatic heterocycles. The molecule has 1 N–H and O–H groups in total. The van der Waals surface area contributed by atoms with Crippen LogP contribution in [-0.2, 0) is 9.47 Å². The molecule has 0 amide bonds. The van der Waals surface area contributed by atoms with Crippen molar-refractivity contribution in [3.05, 3.63) is 23.8 Å². The predicted molar refractivity (Wildman–Crippen MR) is 74.0 cm³/mol. The van der Waals surface area contributed by atoms with Gasteiger partial charge in [0.25, 0.3) is 0 Å². The quantitative estimate of drug-likeness (QED) is 0.858. The van der Waals surface area contributed by atoms with E-state index < -0.39 is 30.6 Å². The van der Waals surface area contributed by atoms with Gasteiger partial charge in [-0.2, -0.15) is 0 Å². The molecular weight excluding hydrogens is 293 g/mol. The number of halogens is 1. The third-order valence-corrected chi connectivity index (χ3v) is 3.84. The van der Waals surface area contributed by atoms with Crippen molar-refractivity contribution in [1.82, 2.24) is 15.0 Å². The number of aliphatic hydroxyl groups excluding tert-OH is 1. The Hall–Kier alpha value is -2.06. The second kappa shape index (κ2) is 5.62. The number of aliphatic hydroxyl groups is 1. The maximum absolute atomic E-state index is 14.0. The summed E-state index contributed by atoms with van der Waals surface area (Å²) in [4.78, 5) is 11.7. The van der Waals surface area contributed by atoms with Crippen LogP contribution in [0.15, 0.2) is 18.2 Å². The van der Waals surface area contributed by atoms with Crippen molar-refractivity contribution in [3.8, 4) is 0 Å². The van der Waals surface area contributed by atoms with Gasteiger partial charge in [0, 0.05) is 0 Å². The third-order valence-electron chi connectivity index (χ3n) is 3.84. The average Bonchev–Trinajstić information content (AvgIpc) is 3.08. The Bertz CT molecular complexity index is 704. The molecule has 0 saturated carbocycles. The fraction of sp³-hybridized carbons (Fsp3) is 0.500. The number of carbonyl (C=O) groups is 1. The maximum Gasteiger partial charge on any atom is 0.340 e. The minimum atomic E-state index is -1.49. The topological polar surface area (TPSA) is 86.5 Å². The van der Waals surface area contributed by atoms with Gasteiger partial charge >= 0.3 is 5.97 Å². The molecule has 0 bridgehead atoms. The molecule has 1 saturated heterocycles. The Morgan fingerprint density at radius 2 is 2.32 bits per heavy atom. The molecular formula is C14H16FN3O4. The SMILES string of the molecule is CC[C@H]1O[C@@H](n2nnc3c(C(=O)OC)cccc32)[C@H](O)[C@@H]1F. The van der Waals surface area contributed by atoms with Crippen LogP contribution in [0.5, 0.6) is 0 Å². The van der Waals surface area contributed by atoms with Crippen LogP contribution in [0.1, 0.15) is 29.9 Å². The number of nitrogens with zero attached hydrogens (tertiary/aromatic N) is 3. The van der Waals surface area contributed by atoms with Crippen LogP contribution in [0.3, 0.4) is 0 Å². The number of benzene rings is 1. The molecule has 1 aromatic carbocycles. The summed E-state index contributed by atoms with van der Waals surface area (Å²) < 4.78 is 25.5. The van der Waals surface area contributed by atoms with Gasteiger partial charge in [-0.25, -0.2) is 13.9 Å². The van der Waals surface area contributed by atoms with Crippen LogP contribution in [0.25, 0.3) is 11.0 Å². The third kappa shape index (κ3) is 2.15. The number of esters is 1. The van der Waals surface area contributed by atoms with E-state index in [0.29, 0.717) is 17.5 Å². The van der Waals surface area contributed by atoms with Crippen LogP contribution in [0.2, 0.25) is 0 Å². The van der Waals surface area contributed by atoms with E-state index in [2.05, 4.69) is 10.3 Å². The number of hydrogen-bond donors (Lipinski definition) is 1.